The molecule has 0 amide bonds. The highest BCUT2D eigenvalue weighted by molar-refractivity contribution is 9.13. The van der Waals surface area contributed by atoms with E-state index in [1.54, 1.807) is 6.07 Å². The van der Waals surface area contributed by atoms with Gasteiger partial charge in [-0.1, -0.05) is 0 Å². The summed E-state index contributed by atoms with van der Waals surface area (Å²) in [4.78, 5) is 22.7. The fraction of sp³-hybridized carbons (Fsp3) is 0.0833. The van der Waals surface area contributed by atoms with Gasteiger partial charge in [0.25, 0.3) is 0 Å². The lowest BCUT2D eigenvalue weighted by Crippen LogP contribution is -2.08. The van der Waals surface area contributed by atoms with Crippen LogP contribution in [-0.4, -0.2) is 18.0 Å². The van der Waals surface area contributed by atoms with Gasteiger partial charge in [0.1, 0.15) is 10.6 Å². The Labute approximate surface area is 140 Å². The number of methoxy groups -OCH3 is 1. The molecule has 1 aromatic heterocycles. The number of nitro groups is 1. The second-order valence-corrected chi connectivity index (χ2v) is 6.94. The van der Waals surface area contributed by atoms with Gasteiger partial charge in [-0.15, -0.1) is 11.3 Å². The van der Waals surface area contributed by atoms with Gasteiger partial charge in [0.05, 0.1) is 21.9 Å². The molecule has 0 spiro atoms. The van der Waals surface area contributed by atoms with Gasteiger partial charge >= 0.3 is 11.7 Å². The summed E-state index contributed by atoms with van der Waals surface area (Å²) in [5, 5.41) is 11.0. The van der Waals surface area contributed by atoms with E-state index in [0.29, 0.717) is 15.1 Å². The minimum absolute atomic E-state index is 0.133. The molecule has 1 aromatic carbocycles. The molecular formula is C12H7Br2NO5S. The normalized spacial score (nSPS) is 10.2. The van der Waals surface area contributed by atoms with Crippen molar-refractivity contribution in [3.63, 3.8) is 0 Å². The SMILES string of the molecule is COc1ccc(OC(=O)c2cc(Br)c(Br)s2)c([N+](=O)[O-])c1. The minimum atomic E-state index is -0.667. The predicted octanol–water partition coefficient (Wildman–Crippen LogP) is 4.41. The number of nitrogens with zero attached hydrogens (tertiary/aromatic N) is 1. The molecule has 2 aromatic rings. The van der Waals surface area contributed by atoms with Crippen molar-refractivity contribution in [1.82, 2.24) is 0 Å². The van der Waals surface area contributed by atoms with E-state index in [0.717, 1.165) is 15.1 Å². The number of carbonyl (C=O) groups is 1. The summed E-state index contributed by atoms with van der Waals surface area (Å²) in [5.41, 5.74) is -0.336. The number of benzene rings is 1. The molecule has 0 unspecified atom stereocenters. The first-order valence-corrected chi connectivity index (χ1v) is 7.82. The third-order valence-corrected chi connectivity index (χ3v) is 5.65. The third-order valence-electron chi connectivity index (χ3n) is 2.41. The van der Waals surface area contributed by atoms with E-state index in [1.807, 2.05) is 0 Å². The van der Waals surface area contributed by atoms with Gasteiger partial charge in [-0.3, -0.25) is 10.1 Å². The topological polar surface area (TPSA) is 78.7 Å². The number of carbonyl (C=O) groups excluding carboxylic acids is 1. The predicted molar refractivity (Wildman–Crippen MR) is 84.3 cm³/mol. The molecule has 6 nitrogen and oxygen atoms in total. The van der Waals surface area contributed by atoms with Crippen LogP contribution < -0.4 is 9.47 Å². The standard InChI is InChI=1S/C12H7Br2NO5S/c1-19-6-2-3-9(8(4-6)15(17)18)20-12(16)10-5-7(13)11(14)21-10/h2-5H,1H3. The maximum Gasteiger partial charge on any atom is 0.354 e. The quantitative estimate of drug-likeness (QED) is 0.307. The van der Waals surface area contributed by atoms with Crippen LogP contribution in [0.15, 0.2) is 32.5 Å². The second kappa shape index (κ2) is 6.54. The number of esters is 1. The summed E-state index contributed by atoms with van der Waals surface area (Å²) in [6.07, 6.45) is 0. The molecule has 2 rings (SSSR count). The van der Waals surface area contributed by atoms with E-state index in [9.17, 15) is 14.9 Å². The molecule has 0 radical (unpaired) electrons. The summed E-state index contributed by atoms with van der Waals surface area (Å²) in [6.45, 7) is 0. The smallest absolute Gasteiger partial charge is 0.354 e. The van der Waals surface area contributed by atoms with Crippen molar-refractivity contribution < 1.29 is 19.2 Å². The van der Waals surface area contributed by atoms with Crippen LogP contribution in [0, 0.1) is 10.1 Å². The van der Waals surface area contributed by atoms with Gasteiger partial charge in [-0.05, 0) is 50.1 Å². The largest absolute Gasteiger partial charge is 0.496 e. The van der Waals surface area contributed by atoms with Crippen LogP contribution in [0.25, 0.3) is 0 Å². The van der Waals surface area contributed by atoms with Crippen LogP contribution in [0.2, 0.25) is 0 Å². The fourth-order valence-electron chi connectivity index (χ4n) is 1.45. The summed E-state index contributed by atoms with van der Waals surface area (Å²) >= 11 is 7.69. The molecular weight excluding hydrogens is 430 g/mol. The molecule has 0 saturated carbocycles. The number of hydrogen-bond donors (Lipinski definition) is 0. The number of rotatable bonds is 4. The molecule has 0 N–H and O–H groups in total. The lowest BCUT2D eigenvalue weighted by atomic mass is 10.3. The Bertz CT molecular complexity index is 696. The van der Waals surface area contributed by atoms with Crippen molar-refractivity contribution in [2.24, 2.45) is 0 Å². The minimum Gasteiger partial charge on any atom is -0.496 e. The summed E-state index contributed by atoms with van der Waals surface area (Å²) in [6, 6.07) is 5.58. The molecule has 0 fully saturated rings. The van der Waals surface area contributed by atoms with Crippen molar-refractivity contribution in [3.05, 3.63) is 47.5 Å². The summed E-state index contributed by atoms with van der Waals surface area (Å²) < 4.78 is 11.5. The molecule has 0 bridgehead atoms. The van der Waals surface area contributed by atoms with Crippen molar-refractivity contribution in [2.45, 2.75) is 0 Å². The van der Waals surface area contributed by atoms with Crippen LogP contribution in [0.5, 0.6) is 11.5 Å². The Morgan fingerprint density at radius 1 is 1.33 bits per heavy atom. The molecule has 21 heavy (non-hydrogen) atoms. The Morgan fingerprint density at radius 3 is 2.57 bits per heavy atom. The average molecular weight is 437 g/mol. The summed E-state index contributed by atoms with van der Waals surface area (Å²) in [5.74, 6) is -0.491. The molecule has 110 valence electrons. The van der Waals surface area contributed by atoms with E-state index < -0.39 is 10.9 Å². The van der Waals surface area contributed by atoms with Crippen LogP contribution in [0.1, 0.15) is 9.67 Å². The Kier molecular flexibility index (Phi) is 4.96. The van der Waals surface area contributed by atoms with Crippen molar-refractivity contribution in [1.29, 1.82) is 0 Å². The lowest BCUT2D eigenvalue weighted by Gasteiger charge is -2.05. The molecule has 1 heterocycles. The van der Waals surface area contributed by atoms with Gasteiger partial charge < -0.3 is 9.47 Å². The summed E-state index contributed by atoms with van der Waals surface area (Å²) in [7, 11) is 1.39. The maximum absolute atomic E-state index is 12.0. The third kappa shape index (κ3) is 3.60. The first-order chi connectivity index (χ1) is 9.92. The van der Waals surface area contributed by atoms with E-state index in [2.05, 4.69) is 31.9 Å². The zero-order chi connectivity index (χ0) is 15.6. The zero-order valence-corrected chi connectivity index (χ0v) is 14.5. The van der Waals surface area contributed by atoms with E-state index in [-0.39, 0.29) is 11.4 Å². The highest BCUT2D eigenvalue weighted by atomic mass is 79.9. The van der Waals surface area contributed by atoms with Gasteiger partial charge in [0.15, 0.2) is 0 Å². The highest BCUT2D eigenvalue weighted by Crippen LogP contribution is 2.35. The van der Waals surface area contributed by atoms with E-state index in [1.165, 1.54) is 25.3 Å². The molecule has 0 aliphatic carbocycles. The maximum atomic E-state index is 12.0. The number of thiophene rings is 1. The molecule has 0 atom stereocenters. The average Bonchev–Trinajstić information content (AvgIpc) is 2.79. The highest BCUT2D eigenvalue weighted by Gasteiger charge is 2.21. The van der Waals surface area contributed by atoms with Crippen LogP contribution >= 0.6 is 43.2 Å². The second-order valence-electron chi connectivity index (χ2n) is 3.71. The monoisotopic (exact) mass is 435 g/mol. The number of hydrogen-bond acceptors (Lipinski definition) is 6. The molecule has 0 aliphatic heterocycles. The van der Waals surface area contributed by atoms with Gasteiger partial charge in [0, 0.05) is 4.47 Å². The van der Waals surface area contributed by atoms with Gasteiger partial charge in [-0.2, -0.15) is 0 Å². The molecule has 0 saturated heterocycles. The number of ether oxygens (including phenoxy) is 2. The Balaban J connectivity index is 2.30. The first kappa shape index (κ1) is 15.9. The van der Waals surface area contributed by atoms with Crippen LogP contribution in [-0.2, 0) is 0 Å². The van der Waals surface area contributed by atoms with Gasteiger partial charge in [0.2, 0.25) is 5.75 Å². The van der Waals surface area contributed by atoms with Crippen molar-refractivity contribution in [2.75, 3.05) is 7.11 Å². The molecule has 0 aliphatic rings. The Morgan fingerprint density at radius 2 is 2.05 bits per heavy atom. The van der Waals surface area contributed by atoms with E-state index >= 15 is 0 Å². The van der Waals surface area contributed by atoms with Crippen molar-refractivity contribution >= 4 is 54.9 Å². The first-order valence-electron chi connectivity index (χ1n) is 5.42. The number of halogens is 2. The van der Waals surface area contributed by atoms with Gasteiger partial charge in [-0.25, -0.2) is 4.79 Å². The van der Waals surface area contributed by atoms with E-state index in [4.69, 9.17) is 9.47 Å². The van der Waals surface area contributed by atoms with Crippen LogP contribution in [0.3, 0.4) is 0 Å². The fourth-order valence-corrected chi connectivity index (χ4v) is 3.36. The molecule has 9 heteroatoms. The zero-order valence-electron chi connectivity index (χ0n) is 10.5. The number of nitro benzene ring substituents is 1. The lowest BCUT2D eigenvalue weighted by molar-refractivity contribution is -0.385. The Hall–Kier alpha value is -1.45. The van der Waals surface area contributed by atoms with Crippen molar-refractivity contribution in [3.8, 4) is 11.5 Å². The van der Waals surface area contributed by atoms with Crippen LogP contribution in [0.4, 0.5) is 5.69 Å².